The van der Waals surface area contributed by atoms with Gasteiger partial charge in [0.05, 0.1) is 35.6 Å². The number of anilines is 1. The monoisotopic (exact) mass is 478 g/mol. The molecule has 0 unspecified atom stereocenters. The van der Waals surface area contributed by atoms with Gasteiger partial charge in [-0.15, -0.1) is 0 Å². The summed E-state index contributed by atoms with van der Waals surface area (Å²) in [5, 5.41) is 7.86. The van der Waals surface area contributed by atoms with Crippen LogP contribution in [-0.4, -0.2) is 39.4 Å². The first kappa shape index (κ1) is 22.0. The summed E-state index contributed by atoms with van der Waals surface area (Å²) >= 11 is 0. The van der Waals surface area contributed by atoms with Gasteiger partial charge in [0.1, 0.15) is 23.0 Å². The van der Waals surface area contributed by atoms with Crippen LogP contribution in [0.25, 0.3) is 22.2 Å². The lowest BCUT2D eigenvalue weighted by atomic mass is 10.0. The third-order valence-electron chi connectivity index (χ3n) is 7.09. The van der Waals surface area contributed by atoms with Crippen LogP contribution in [0.1, 0.15) is 43.3 Å². The summed E-state index contributed by atoms with van der Waals surface area (Å²) in [6.45, 7) is 2.51. The van der Waals surface area contributed by atoms with Crippen molar-refractivity contribution in [3.05, 3.63) is 71.9 Å². The van der Waals surface area contributed by atoms with Crippen LogP contribution in [0.4, 0.5) is 19.0 Å². The van der Waals surface area contributed by atoms with Crippen LogP contribution >= 0.6 is 0 Å². The minimum Gasteiger partial charge on any atom is -0.349 e. The van der Waals surface area contributed by atoms with E-state index in [2.05, 4.69) is 15.4 Å². The lowest BCUT2D eigenvalue weighted by Crippen LogP contribution is -2.29. The molecule has 9 heteroatoms. The van der Waals surface area contributed by atoms with Gasteiger partial charge in [0.25, 0.3) is 0 Å². The van der Waals surface area contributed by atoms with Gasteiger partial charge >= 0.3 is 0 Å². The zero-order valence-electron chi connectivity index (χ0n) is 19.1. The van der Waals surface area contributed by atoms with Gasteiger partial charge in [-0.25, -0.2) is 18.2 Å². The summed E-state index contributed by atoms with van der Waals surface area (Å²) in [6.07, 6.45) is 8.20. The number of piperidine rings is 1. The maximum Gasteiger partial charge on any atom is 0.151 e. The second-order valence-corrected chi connectivity index (χ2v) is 9.23. The lowest BCUT2D eigenvalue weighted by Gasteiger charge is -2.27. The number of halogens is 3. The van der Waals surface area contributed by atoms with Gasteiger partial charge in [-0.05, 0) is 69.1 Å². The topological polar surface area (TPSA) is 58.9 Å². The first-order valence-electron chi connectivity index (χ1n) is 12.0. The predicted molar refractivity (Wildman–Crippen MR) is 128 cm³/mol. The quantitative estimate of drug-likeness (QED) is 0.438. The molecule has 35 heavy (non-hydrogen) atoms. The summed E-state index contributed by atoms with van der Waals surface area (Å²) < 4.78 is 45.5. The molecule has 5 heterocycles. The molecule has 180 valence electrons. The number of pyridine rings is 2. The van der Waals surface area contributed by atoms with E-state index in [-0.39, 0.29) is 12.1 Å². The molecule has 3 aromatic heterocycles. The smallest absolute Gasteiger partial charge is 0.151 e. The summed E-state index contributed by atoms with van der Waals surface area (Å²) in [4.78, 5) is 11.0. The van der Waals surface area contributed by atoms with E-state index < -0.39 is 17.5 Å². The molecule has 2 aliphatic heterocycles. The van der Waals surface area contributed by atoms with Crippen molar-refractivity contribution in [1.82, 2.24) is 25.1 Å². The molecule has 0 saturated carbocycles. The van der Waals surface area contributed by atoms with E-state index in [1.165, 1.54) is 12.3 Å². The zero-order valence-corrected chi connectivity index (χ0v) is 19.1. The van der Waals surface area contributed by atoms with E-state index in [0.29, 0.717) is 46.5 Å². The number of nitrogens with zero attached hydrogens (tertiary/aromatic N) is 5. The standard InChI is InChI=1S/C26H25F3N6/c27-17-3-4-20(28)19(12-17)23-2-1-11-34(23)24-6-5-22-26(33-24)25(21(29)14-31-22)16-13-32-35(15-16)18-7-9-30-10-8-18/h3-6,12-15,18,23,30H,1-2,7-11H2/t23-/m1/s1. The number of rotatable bonds is 4. The van der Waals surface area contributed by atoms with Gasteiger partial charge in [0, 0.05) is 23.9 Å². The fraction of sp³-hybridized carbons (Fsp3) is 0.346. The number of fused-ring (bicyclic) bond motifs is 1. The molecule has 2 aliphatic rings. The largest absolute Gasteiger partial charge is 0.349 e. The van der Waals surface area contributed by atoms with Crippen molar-refractivity contribution in [3.63, 3.8) is 0 Å². The highest BCUT2D eigenvalue weighted by atomic mass is 19.1. The fourth-order valence-corrected chi connectivity index (χ4v) is 5.34. The number of benzene rings is 1. The fourth-order valence-electron chi connectivity index (χ4n) is 5.34. The van der Waals surface area contributed by atoms with Crippen LogP contribution in [-0.2, 0) is 0 Å². The summed E-state index contributed by atoms with van der Waals surface area (Å²) in [5.41, 5.74) is 2.30. The molecule has 0 radical (unpaired) electrons. The molecule has 2 fully saturated rings. The predicted octanol–water partition coefficient (Wildman–Crippen LogP) is 5.18. The average Bonchev–Trinajstić information content (AvgIpc) is 3.56. The molecule has 0 bridgehead atoms. The summed E-state index contributed by atoms with van der Waals surface area (Å²) in [6, 6.07) is 7.07. The Hall–Kier alpha value is -3.46. The second-order valence-electron chi connectivity index (χ2n) is 9.23. The van der Waals surface area contributed by atoms with Crippen molar-refractivity contribution in [2.45, 2.75) is 37.8 Å². The number of hydrogen-bond donors (Lipinski definition) is 1. The molecule has 0 aliphatic carbocycles. The Labute approximate surface area is 200 Å². The van der Waals surface area contributed by atoms with Crippen molar-refractivity contribution >= 4 is 16.9 Å². The first-order valence-corrected chi connectivity index (χ1v) is 12.0. The number of aromatic nitrogens is 4. The molecule has 1 aromatic carbocycles. The van der Waals surface area contributed by atoms with Crippen LogP contribution in [0, 0.1) is 17.5 Å². The summed E-state index contributed by atoms with van der Waals surface area (Å²) in [7, 11) is 0. The van der Waals surface area contributed by atoms with E-state index >= 15 is 4.39 Å². The maximum atomic E-state index is 15.2. The Morgan fingerprint density at radius 3 is 2.66 bits per heavy atom. The van der Waals surface area contributed by atoms with Gasteiger partial charge in [0.15, 0.2) is 5.82 Å². The Morgan fingerprint density at radius 2 is 1.80 bits per heavy atom. The molecule has 0 amide bonds. The molecule has 2 saturated heterocycles. The molecule has 4 aromatic rings. The Kier molecular flexibility index (Phi) is 5.64. The molecular formula is C26H25F3N6. The van der Waals surface area contributed by atoms with E-state index in [1.807, 2.05) is 21.8 Å². The van der Waals surface area contributed by atoms with Crippen molar-refractivity contribution < 1.29 is 13.2 Å². The second kappa shape index (κ2) is 8.96. The van der Waals surface area contributed by atoms with Gasteiger partial charge in [-0.3, -0.25) is 9.67 Å². The lowest BCUT2D eigenvalue weighted by molar-refractivity contribution is 0.343. The molecular weight excluding hydrogens is 453 g/mol. The number of hydrogen-bond acceptors (Lipinski definition) is 5. The summed E-state index contributed by atoms with van der Waals surface area (Å²) in [5.74, 6) is -0.800. The molecule has 1 atom stereocenters. The van der Waals surface area contributed by atoms with E-state index in [1.54, 1.807) is 12.3 Å². The SMILES string of the molecule is Fc1ccc(F)c([C@H]2CCCN2c2ccc3ncc(F)c(-c4cnn(C5CCNCC5)c4)c3n2)c1. The molecule has 6 nitrogen and oxygen atoms in total. The van der Waals surface area contributed by atoms with Crippen LogP contribution in [0.15, 0.2) is 48.9 Å². The minimum absolute atomic E-state index is 0.274. The van der Waals surface area contributed by atoms with Crippen molar-refractivity contribution in [3.8, 4) is 11.1 Å². The highest BCUT2D eigenvalue weighted by Crippen LogP contribution is 2.38. The average molecular weight is 479 g/mol. The Morgan fingerprint density at radius 1 is 0.943 bits per heavy atom. The molecule has 0 spiro atoms. The maximum absolute atomic E-state index is 15.2. The van der Waals surface area contributed by atoms with E-state index in [4.69, 9.17) is 4.98 Å². The van der Waals surface area contributed by atoms with Crippen molar-refractivity contribution in [2.75, 3.05) is 24.5 Å². The zero-order chi connectivity index (χ0) is 23.9. The van der Waals surface area contributed by atoms with Crippen molar-refractivity contribution in [2.24, 2.45) is 0 Å². The number of nitrogens with one attached hydrogen (secondary N) is 1. The third kappa shape index (κ3) is 4.03. The highest BCUT2D eigenvalue weighted by Gasteiger charge is 2.30. The highest BCUT2D eigenvalue weighted by molar-refractivity contribution is 5.92. The van der Waals surface area contributed by atoms with Gasteiger partial charge in [0.2, 0.25) is 0 Å². The Bertz CT molecular complexity index is 1380. The normalized spacial score (nSPS) is 19.1. The molecule has 1 N–H and O–H groups in total. The minimum atomic E-state index is -0.473. The van der Waals surface area contributed by atoms with E-state index in [0.717, 1.165) is 44.5 Å². The van der Waals surface area contributed by atoms with Crippen LogP contribution in [0.5, 0.6) is 0 Å². The first-order chi connectivity index (χ1) is 17.1. The third-order valence-corrected chi connectivity index (χ3v) is 7.09. The van der Waals surface area contributed by atoms with Crippen LogP contribution < -0.4 is 10.2 Å². The van der Waals surface area contributed by atoms with Gasteiger partial charge < -0.3 is 10.2 Å². The van der Waals surface area contributed by atoms with Crippen LogP contribution in [0.3, 0.4) is 0 Å². The van der Waals surface area contributed by atoms with Gasteiger partial charge in [-0.2, -0.15) is 5.10 Å². The van der Waals surface area contributed by atoms with E-state index in [9.17, 15) is 8.78 Å². The van der Waals surface area contributed by atoms with Crippen molar-refractivity contribution in [1.29, 1.82) is 0 Å². The van der Waals surface area contributed by atoms with Crippen LogP contribution in [0.2, 0.25) is 0 Å². The Balaban J connectivity index is 1.41. The van der Waals surface area contributed by atoms with Gasteiger partial charge in [-0.1, -0.05) is 0 Å². The molecule has 6 rings (SSSR count).